The first kappa shape index (κ1) is 15.6. The number of rotatable bonds is 4. The van der Waals surface area contributed by atoms with Crippen molar-refractivity contribution in [3.63, 3.8) is 0 Å². The summed E-state index contributed by atoms with van der Waals surface area (Å²) in [5, 5.41) is 9.62. The van der Waals surface area contributed by atoms with Gasteiger partial charge in [-0.1, -0.05) is 17.7 Å². The van der Waals surface area contributed by atoms with Crippen LogP contribution in [0.4, 0.5) is 0 Å². The first-order valence-electron chi connectivity index (χ1n) is 5.88. The zero-order valence-corrected chi connectivity index (χ0v) is 13.1. The van der Waals surface area contributed by atoms with Crippen LogP contribution in [0.3, 0.4) is 0 Å². The number of nitrogens with one attached hydrogen (secondary N) is 1. The second-order valence-corrected chi connectivity index (χ2v) is 7.90. The van der Waals surface area contributed by atoms with Gasteiger partial charge in [-0.3, -0.25) is 4.79 Å². The second-order valence-electron chi connectivity index (χ2n) is 4.71. The van der Waals surface area contributed by atoms with Crippen molar-refractivity contribution in [2.45, 2.75) is 23.8 Å². The van der Waals surface area contributed by atoms with E-state index in [2.05, 4.69) is 4.72 Å². The predicted octanol–water partition coefficient (Wildman–Crippen LogP) is 1.89. The SMILES string of the molecule is Cc1ccc(Cl)cc1S(=O)(=O)NC1(C(=O)O)CCSC1. The molecule has 0 aromatic heterocycles. The van der Waals surface area contributed by atoms with Crippen molar-refractivity contribution >= 4 is 39.4 Å². The Morgan fingerprint density at radius 1 is 1.50 bits per heavy atom. The van der Waals surface area contributed by atoms with Crippen LogP contribution < -0.4 is 4.72 Å². The Kier molecular flexibility index (Phi) is 4.34. The molecule has 0 bridgehead atoms. The third-order valence-corrected chi connectivity index (χ3v) is 6.30. The molecular weight excluding hydrogens is 322 g/mol. The Bertz CT molecular complexity index is 639. The molecule has 1 aromatic carbocycles. The number of hydrogen-bond acceptors (Lipinski definition) is 4. The topological polar surface area (TPSA) is 83.5 Å². The lowest BCUT2D eigenvalue weighted by Gasteiger charge is -2.24. The Morgan fingerprint density at radius 3 is 2.75 bits per heavy atom. The van der Waals surface area contributed by atoms with E-state index in [4.69, 9.17) is 11.6 Å². The Hall–Kier alpha value is -0.760. The summed E-state index contributed by atoms with van der Waals surface area (Å²) in [6.45, 7) is 1.64. The summed E-state index contributed by atoms with van der Waals surface area (Å²) in [6.07, 6.45) is 0.270. The van der Waals surface area contributed by atoms with Gasteiger partial charge in [0.25, 0.3) is 0 Å². The van der Waals surface area contributed by atoms with Crippen LogP contribution in [0.2, 0.25) is 5.02 Å². The Balaban J connectivity index is 2.40. The van der Waals surface area contributed by atoms with Crippen molar-refractivity contribution < 1.29 is 18.3 Å². The standard InChI is InChI=1S/C12H14ClNO4S2/c1-8-2-3-9(13)6-10(8)20(17,18)14-12(11(15)16)4-5-19-7-12/h2-3,6,14H,4-5,7H2,1H3,(H,15,16). The molecule has 1 atom stereocenters. The monoisotopic (exact) mass is 335 g/mol. The average Bonchev–Trinajstić information content (AvgIpc) is 2.81. The molecule has 1 unspecified atom stereocenters. The molecule has 1 fully saturated rings. The summed E-state index contributed by atoms with van der Waals surface area (Å²) in [5.74, 6) is -0.310. The van der Waals surface area contributed by atoms with Gasteiger partial charge in [-0.15, -0.1) is 0 Å². The van der Waals surface area contributed by atoms with Gasteiger partial charge in [0.1, 0.15) is 5.54 Å². The first-order valence-corrected chi connectivity index (χ1v) is 8.90. The maximum atomic E-state index is 12.4. The Morgan fingerprint density at radius 2 is 2.20 bits per heavy atom. The molecule has 0 radical (unpaired) electrons. The fraction of sp³-hybridized carbons (Fsp3) is 0.417. The lowest BCUT2D eigenvalue weighted by molar-refractivity contribution is -0.142. The average molecular weight is 336 g/mol. The van der Waals surface area contributed by atoms with Crippen LogP contribution in [-0.4, -0.2) is 36.5 Å². The molecule has 0 amide bonds. The molecule has 110 valence electrons. The first-order chi connectivity index (χ1) is 9.27. The number of thioether (sulfide) groups is 1. The minimum absolute atomic E-state index is 0.0162. The van der Waals surface area contributed by atoms with E-state index in [1.165, 1.54) is 17.8 Å². The van der Waals surface area contributed by atoms with E-state index in [1.54, 1.807) is 19.1 Å². The number of sulfonamides is 1. The molecule has 0 aliphatic carbocycles. The van der Waals surface area contributed by atoms with Crippen LogP contribution in [0, 0.1) is 6.92 Å². The van der Waals surface area contributed by atoms with Crippen LogP contribution in [0.15, 0.2) is 23.1 Å². The van der Waals surface area contributed by atoms with Crippen LogP contribution in [0.25, 0.3) is 0 Å². The molecular formula is C12H14ClNO4S2. The van der Waals surface area contributed by atoms with E-state index in [0.717, 1.165) is 0 Å². The van der Waals surface area contributed by atoms with E-state index in [0.29, 0.717) is 16.3 Å². The van der Waals surface area contributed by atoms with Gasteiger partial charge in [0.15, 0.2) is 0 Å². The van der Waals surface area contributed by atoms with Gasteiger partial charge in [0.2, 0.25) is 10.0 Å². The molecule has 5 nitrogen and oxygen atoms in total. The maximum Gasteiger partial charge on any atom is 0.325 e. The molecule has 8 heteroatoms. The number of benzene rings is 1. The third kappa shape index (κ3) is 2.95. The minimum atomic E-state index is -3.93. The van der Waals surface area contributed by atoms with Crippen LogP contribution in [0.5, 0.6) is 0 Å². The number of aryl methyl sites for hydroxylation is 1. The number of carbonyl (C=O) groups is 1. The number of carboxylic acids is 1. The normalized spacial score (nSPS) is 22.9. The minimum Gasteiger partial charge on any atom is -0.480 e. The molecule has 1 heterocycles. The fourth-order valence-corrected chi connectivity index (χ4v) is 5.35. The number of carboxylic acid groups (broad SMARTS) is 1. The van der Waals surface area contributed by atoms with E-state index < -0.39 is 21.5 Å². The zero-order chi connectivity index (χ0) is 15.0. The van der Waals surface area contributed by atoms with Crippen LogP contribution in [0.1, 0.15) is 12.0 Å². The van der Waals surface area contributed by atoms with Crippen molar-refractivity contribution in [3.05, 3.63) is 28.8 Å². The molecule has 20 heavy (non-hydrogen) atoms. The summed E-state index contributed by atoms with van der Waals surface area (Å²) in [6, 6.07) is 4.51. The molecule has 0 spiro atoms. The van der Waals surface area contributed by atoms with Crippen molar-refractivity contribution in [3.8, 4) is 0 Å². The quantitative estimate of drug-likeness (QED) is 0.877. The van der Waals surface area contributed by atoms with E-state index in [9.17, 15) is 18.3 Å². The molecule has 2 N–H and O–H groups in total. The van der Waals surface area contributed by atoms with E-state index in [-0.39, 0.29) is 17.1 Å². The van der Waals surface area contributed by atoms with Gasteiger partial charge < -0.3 is 5.11 Å². The second kappa shape index (κ2) is 5.55. The molecule has 1 saturated heterocycles. The summed E-state index contributed by atoms with van der Waals surface area (Å²) in [5.41, 5.74) is -0.911. The molecule has 1 aliphatic rings. The van der Waals surface area contributed by atoms with E-state index in [1.807, 2.05) is 0 Å². The van der Waals surface area contributed by atoms with Gasteiger partial charge in [-0.2, -0.15) is 16.5 Å². The summed E-state index contributed by atoms with van der Waals surface area (Å²) in [4.78, 5) is 11.4. The fourth-order valence-electron chi connectivity index (χ4n) is 2.03. The number of aliphatic carboxylic acids is 1. The number of halogens is 1. The van der Waals surface area contributed by atoms with Gasteiger partial charge in [-0.05, 0) is 36.8 Å². The molecule has 1 aromatic rings. The van der Waals surface area contributed by atoms with Crippen LogP contribution >= 0.6 is 23.4 Å². The van der Waals surface area contributed by atoms with Gasteiger partial charge >= 0.3 is 5.97 Å². The highest BCUT2D eigenvalue weighted by atomic mass is 35.5. The predicted molar refractivity (Wildman–Crippen MR) is 78.8 cm³/mol. The molecule has 0 saturated carbocycles. The molecule has 1 aliphatic heterocycles. The van der Waals surface area contributed by atoms with Crippen molar-refractivity contribution in [1.29, 1.82) is 0 Å². The van der Waals surface area contributed by atoms with Gasteiger partial charge in [0, 0.05) is 10.8 Å². The summed E-state index contributed by atoms with van der Waals surface area (Å²) < 4.78 is 27.2. The van der Waals surface area contributed by atoms with Gasteiger partial charge in [0.05, 0.1) is 4.90 Å². The smallest absolute Gasteiger partial charge is 0.325 e. The number of hydrogen-bond donors (Lipinski definition) is 2. The van der Waals surface area contributed by atoms with Crippen molar-refractivity contribution in [1.82, 2.24) is 4.72 Å². The van der Waals surface area contributed by atoms with E-state index >= 15 is 0 Å². The third-order valence-electron chi connectivity index (χ3n) is 3.20. The molecule has 2 rings (SSSR count). The van der Waals surface area contributed by atoms with Gasteiger partial charge in [-0.25, -0.2) is 8.42 Å². The van der Waals surface area contributed by atoms with Crippen molar-refractivity contribution in [2.75, 3.05) is 11.5 Å². The van der Waals surface area contributed by atoms with Crippen molar-refractivity contribution in [2.24, 2.45) is 0 Å². The highest BCUT2D eigenvalue weighted by molar-refractivity contribution is 7.99. The maximum absolute atomic E-state index is 12.4. The highest BCUT2D eigenvalue weighted by Gasteiger charge is 2.45. The zero-order valence-electron chi connectivity index (χ0n) is 10.7. The lowest BCUT2D eigenvalue weighted by Crippen LogP contribution is -2.54. The van der Waals surface area contributed by atoms with Crippen LogP contribution in [-0.2, 0) is 14.8 Å². The largest absolute Gasteiger partial charge is 0.480 e. The summed E-state index contributed by atoms with van der Waals surface area (Å²) in [7, 11) is -3.93. The Labute approximate surface area is 126 Å². The lowest BCUT2D eigenvalue weighted by atomic mass is 10.0. The highest BCUT2D eigenvalue weighted by Crippen LogP contribution is 2.31. The summed E-state index contributed by atoms with van der Waals surface area (Å²) >= 11 is 7.24.